The number of allylic oxidation sites excluding steroid dienone is 1. The predicted octanol–water partition coefficient (Wildman–Crippen LogP) is 3.35. The van der Waals surface area contributed by atoms with Gasteiger partial charge in [0.25, 0.3) is 0 Å². The summed E-state index contributed by atoms with van der Waals surface area (Å²) in [4.78, 5) is 13.1. The normalized spacial score (nSPS) is 11.2. The first-order chi connectivity index (χ1) is 7.81. The Morgan fingerprint density at radius 1 is 1.35 bits per heavy atom. The fraction of sp³-hybridized carbons (Fsp3) is 0.769. The van der Waals surface area contributed by atoms with Gasteiger partial charge in [0.1, 0.15) is 11.4 Å². The van der Waals surface area contributed by atoms with E-state index >= 15 is 0 Å². The Morgan fingerprint density at radius 2 is 1.82 bits per heavy atom. The summed E-state index contributed by atoms with van der Waals surface area (Å²) in [7, 11) is 3.47. The lowest BCUT2D eigenvalue weighted by atomic mass is 10.2. The van der Waals surface area contributed by atoms with E-state index in [0.717, 1.165) is 12.2 Å². The highest BCUT2D eigenvalue weighted by Gasteiger charge is 2.20. The molecule has 1 amide bonds. The molecule has 0 aliphatic rings. The van der Waals surface area contributed by atoms with Gasteiger partial charge in [-0.3, -0.25) is 4.90 Å². The standard InChI is InChI=1S/C11H22N2O2.C2H6/c1-7-8-9(12-5)13(6)10(14)15-11(2,3)4;1-2/h8,12H,7H2,1-6H3;1-2H3/b9-8+;. The molecule has 4 nitrogen and oxygen atoms in total. The van der Waals surface area contributed by atoms with E-state index in [2.05, 4.69) is 5.32 Å². The molecule has 0 spiro atoms. The minimum atomic E-state index is -0.462. The van der Waals surface area contributed by atoms with Crippen LogP contribution in [0.2, 0.25) is 0 Å². The number of hydrogen-bond donors (Lipinski definition) is 1. The second-order valence-electron chi connectivity index (χ2n) is 4.29. The molecule has 0 rings (SSSR count). The average molecular weight is 244 g/mol. The van der Waals surface area contributed by atoms with Gasteiger partial charge in [-0.15, -0.1) is 0 Å². The van der Waals surface area contributed by atoms with Crippen molar-refractivity contribution in [3.63, 3.8) is 0 Å². The van der Waals surface area contributed by atoms with E-state index < -0.39 is 5.60 Å². The lowest BCUT2D eigenvalue weighted by molar-refractivity contribution is 0.0344. The molecular formula is C13H28N2O2. The van der Waals surface area contributed by atoms with Crippen LogP contribution in [-0.4, -0.2) is 30.7 Å². The van der Waals surface area contributed by atoms with E-state index in [0.29, 0.717) is 0 Å². The Morgan fingerprint density at radius 3 is 2.12 bits per heavy atom. The summed E-state index contributed by atoms with van der Waals surface area (Å²) < 4.78 is 5.23. The molecule has 0 aliphatic heterocycles. The molecule has 0 bridgehead atoms. The molecule has 0 aromatic heterocycles. The van der Waals surface area contributed by atoms with Crippen molar-refractivity contribution in [2.24, 2.45) is 0 Å². The predicted molar refractivity (Wildman–Crippen MR) is 72.8 cm³/mol. The summed E-state index contributed by atoms with van der Waals surface area (Å²) in [5.74, 6) is 0.756. The van der Waals surface area contributed by atoms with Gasteiger partial charge >= 0.3 is 6.09 Å². The number of amides is 1. The van der Waals surface area contributed by atoms with Crippen molar-refractivity contribution in [3.05, 3.63) is 11.9 Å². The maximum Gasteiger partial charge on any atom is 0.415 e. The Kier molecular flexibility index (Phi) is 9.52. The van der Waals surface area contributed by atoms with Crippen LogP contribution in [0.25, 0.3) is 0 Å². The van der Waals surface area contributed by atoms with Crippen molar-refractivity contribution in [1.29, 1.82) is 0 Å². The monoisotopic (exact) mass is 244 g/mol. The number of hydrogen-bond acceptors (Lipinski definition) is 3. The molecule has 0 saturated carbocycles. The quantitative estimate of drug-likeness (QED) is 0.827. The van der Waals surface area contributed by atoms with Gasteiger partial charge in [0.2, 0.25) is 0 Å². The molecule has 17 heavy (non-hydrogen) atoms. The van der Waals surface area contributed by atoms with Crippen LogP contribution in [0.4, 0.5) is 4.79 Å². The summed E-state index contributed by atoms with van der Waals surface area (Å²) in [6.07, 6.45) is 2.45. The van der Waals surface area contributed by atoms with Gasteiger partial charge in [-0.25, -0.2) is 4.79 Å². The first-order valence-corrected chi connectivity index (χ1v) is 6.16. The van der Waals surface area contributed by atoms with Gasteiger partial charge in [0, 0.05) is 14.1 Å². The van der Waals surface area contributed by atoms with Crippen molar-refractivity contribution in [1.82, 2.24) is 10.2 Å². The molecule has 0 heterocycles. The fourth-order valence-electron chi connectivity index (χ4n) is 1.03. The highest BCUT2D eigenvalue weighted by Crippen LogP contribution is 2.11. The van der Waals surface area contributed by atoms with E-state index in [-0.39, 0.29) is 6.09 Å². The highest BCUT2D eigenvalue weighted by atomic mass is 16.6. The van der Waals surface area contributed by atoms with Crippen molar-refractivity contribution < 1.29 is 9.53 Å². The third-order valence-corrected chi connectivity index (χ3v) is 1.68. The number of nitrogens with zero attached hydrogens (tertiary/aromatic N) is 1. The molecule has 0 atom stereocenters. The molecule has 0 aromatic carbocycles. The van der Waals surface area contributed by atoms with Crippen LogP contribution in [0.1, 0.15) is 48.0 Å². The maximum absolute atomic E-state index is 11.7. The zero-order valence-corrected chi connectivity index (χ0v) is 12.5. The van der Waals surface area contributed by atoms with Crippen LogP contribution in [0, 0.1) is 0 Å². The third-order valence-electron chi connectivity index (χ3n) is 1.68. The zero-order chi connectivity index (χ0) is 14.1. The van der Waals surface area contributed by atoms with Crippen molar-refractivity contribution in [2.75, 3.05) is 14.1 Å². The number of carbonyl (C=O) groups excluding carboxylic acids is 1. The lowest BCUT2D eigenvalue weighted by Gasteiger charge is -2.26. The Bertz CT molecular complexity index is 242. The summed E-state index contributed by atoms with van der Waals surface area (Å²) in [5, 5.41) is 2.96. The van der Waals surface area contributed by atoms with E-state index in [4.69, 9.17) is 4.74 Å². The number of nitrogens with one attached hydrogen (secondary N) is 1. The van der Waals surface area contributed by atoms with E-state index in [1.54, 1.807) is 14.1 Å². The molecule has 0 fully saturated rings. The van der Waals surface area contributed by atoms with Crippen LogP contribution >= 0.6 is 0 Å². The van der Waals surface area contributed by atoms with E-state index in [1.807, 2.05) is 47.6 Å². The lowest BCUT2D eigenvalue weighted by Crippen LogP contribution is -2.37. The Balaban J connectivity index is 0. The second-order valence-corrected chi connectivity index (χ2v) is 4.29. The summed E-state index contributed by atoms with van der Waals surface area (Å²) in [6.45, 7) is 11.6. The summed E-state index contributed by atoms with van der Waals surface area (Å²) >= 11 is 0. The second kappa shape index (κ2) is 8.90. The van der Waals surface area contributed by atoms with Crippen molar-refractivity contribution in [3.8, 4) is 0 Å². The molecule has 102 valence electrons. The molecule has 0 saturated heterocycles. The topological polar surface area (TPSA) is 41.6 Å². The molecule has 0 aromatic rings. The maximum atomic E-state index is 11.7. The van der Waals surface area contributed by atoms with Gasteiger partial charge < -0.3 is 10.1 Å². The largest absolute Gasteiger partial charge is 0.443 e. The van der Waals surface area contributed by atoms with Crippen molar-refractivity contribution >= 4 is 6.09 Å². The van der Waals surface area contributed by atoms with Crippen LogP contribution < -0.4 is 5.32 Å². The molecule has 0 radical (unpaired) electrons. The van der Waals surface area contributed by atoms with Gasteiger partial charge in [0.05, 0.1) is 0 Å². The van der Waals surface area contributed by atoms with Crippen LogP contribution in [-0.2, 0) is 4.74 Å². The molecule has 0 unspecified atom stereocenters. The summed E-state index contributed by atoms with van der Waals surface area (Å²) in [5.41, 5.74) is -0.462. The average Bonchev–Trinajstić information content (AvgIpc) is 2.25. The fourth-order valence-corrected chi connectivity index (χ4v) is 1.03. The first-order valence-electron chi connectivity index (χ1n) is 6.16. The van der Waals surface area contributed by atoms with E-state index in [9.17, 15) is 4.79 Å². The first kappa shape index (κ1) is 18.2. The highest BCUT2D eigenvalue weighted by molar-refractivity contribution is 5.69. The van der Waals surface area contributed by atoms with E-state index in [1.165, 1.54) is 4.90 Å². The number of ether oxygens (including phenoxy) is 1. The van der Waals surface area contributed by atoms with Gasteiger partial charge in [-0.1, -0.05) is 20.8 Å². The van der Waals surface area contributed by atoms with Gasteiger partial charge in [0.15, 0.2) is 0 Å². The SMILES string of the molecule is CC.CC/C=C(\NC)N(C)C(=O)OC(C)(C)C. The Hall–Kier alpha value is -1.19. The van der Waals surface area contributed by atoms with Crippen molar-refractivity contribution in [2.45, 2.75) is 53.6 Å². The Labute approximate surface area is 106 Å². The zero-order valence-electron chi connectivity index (χ0n) is 12.5. The smallest absolute Gasteiger partial charge is 0.415 e. The number of carbonyl (C=O) groups is 1. The van der Waals surface area contributed by atoms with Crippen LogP contribution in [0.5, 0.6) is 0 Å². The molecular weight excluding hydrogens is 216 g/mol. The minimum absolute atomic E-state index is 0.350. The number of rotatable bonds is 3. The molecule has 1 N–H and O–H groups in total. The molecule has 4 heteroatoms. The van der Waals surface area contributed by atoms with Gasteiger partial charge in [-0.2, -0.15) is 0 Å². The molecule has 0 aliphatic carbocycles. The van der Waals surface area contributed by atoms with Crippen LogP contribution in [0.15, 0.2) is 11.9 Å². The third kappa shape index (κ3) is 8.60. The van der Waals surface area contributed by atoms with Crippen LogP contribution in [0.3, 0.4) is 0 Å². The summed E-state index contributed by atoms with van der Waals surface area (Å²) in [6, 6.07) is 0. The van der Waals surface area contributed by atoms with Gasteiger partial charge in [-0.05, 0) is 33.3 Å². The minimum Gasteiger partial charge on any atom is -0.443 e.